The second kappa shape index (κ2) is 12.2. The van der Waals surface area contributed by atoms with Crippen LogP contribution in [0.25, 0.3) is 0 Å². The summed E-state index contributed by atoms with van der Waals surface area (Å²) >= 11 is 0. The van der Waals surface area contributed by atoms with Gasteiger partial charge in [0, 0.05) is 7.05 Å². The fraction of sp³-hybridized carbons (Fsp3) is 0.625. The summed E-state index contributed by atoms with van der Waals surface area (Å²) in [7, 11) is 0.722. The fourth-order valence-corrected chi connectivity index (χ4v) is 11.9. The van der Waals surface area contributed by atoms with Crippen molar-refractivity contribution in [3.05, 3.63) is 64.7 Å². The highest BCUT2D eigenvalue weighted by Crippen LogP contribution is 2.56. The molecular weight excluding hydrogens is 477 g/mol. The van der Waals surface area contributed by atoms with Crippen LogP contribution in [0.15, 0.2) is 42.5 Å². The van der Waals surface area contributed by atoms with Crippen LogP contribution < -0.4 is 5.30 Å². The van der Waals surface area contributed by atoms with Crippen molar-refractivity contribution in [3.8, 4) is 0 Å². The average molecular weight is 526 g/mol. The summed E-state index contributed by atoms with van der Waals surface area (Å²) in [4.78, 5) is 0. The van der Waals surface area contributed by atoms with E-state index >= 15 is 0 Å². The zero-order chi connectivity index (χ0) is 25.9. The Bertz CT molecular complexity index is 994. The summed E-state index contributed by atoms with van der Waals surface area (Å²) in [5.41, 5.74) is 6.94. The van der Waals surface area contributed by atoms with Gasteiger partial charge in [0.1, 0.15) is 11.0 Å². The highest BCUT2D eigenvalue weighted by Gasteiger charge is 2.37. The molecule has 2 atom stereocenters. The van der Waals surface area contributed by atoms with E-state index in [0.717, 1.165) is 11.3 Å². The third-order valence-corrected chi connectivity index (χ3v) is 13.5. The van der Waals surface area contributed by atoms with Crippen LogP contribution in [0, 0.1) is 13.8 Å². The van der Waals surface area contributed by atoms with E-state index in [0.29, 0.717) is 0 Å². The van der Waals surface area contributed by atoms with E-state index < -0.39 is 11.0 Å². The molecule has 2 aliphatic rings. The smallest absolute Gasteiger partial charge is 0.100 e. The number of rotatable bonds is 7. The van der Waals surface area contributed by atoms with Crippen molar-refractivity contribution in [1.29, 1.82) is 0 Å². The van der Waals surface area contributed by atoms with E-state index in [2.05, 4.69) is 88.4 Å². The largest absolute Gasteiger partial charge is 0.242 e. The maximum absolute atomic E-state index is 13.8. The van der Waals surface area contributed by atoms with Crippen LogP contribution in [0.2, 0.25) is 0 Å². The normalized spacial score (nSPS) is 20.1. The molecule has 2 aromatic rings. The molecule has 4 rings (SSSR count). The topological polar surface area (TPSA) is 20.3 Å². The standard InChI is InChI=1S/C32H48NOPS/c1-24-21-25(2)23-26(22-24)31(33(6)36(34)32(3,4)5)29-19-13-14-20-30(29)35(27-15-9-7-10-16-27)28-17-11-8-12-18-28/h13-14,19-23,27-28,31H,7-12,15-18H2,1-6H3/t31-,36?/m0/s1. The van der Waals surface area contributed by atoms with Crippen LogP contribution in [0.5, 0.6) is 0 Å². The first-order valence-electron chi connectivity index (χ1n) is 14.3. The van der Waals surface area contributed by atoms with Crippen LogP contribution >= 0.6 is 7.92 Å². The summed E-state index contributed by atoms with van der Waals surface area (Å²) in [5, 5.41) is 1.60. The average Bonchev–Trinajstić information content (AvgIpc) is 2.85. The molecule has 0 aliphatic heterocycles. The Balaban J connectivity index is 1.87. The molecule has 36 heavy (non-hydrogen) atoms. The molecule has 4 heteroatoms. The SMILES string of the molecule is Cc1cc(C)cc([C@@H](c2ccccc2P(C2CCCCC2)C2CCCCC2)N(C)S(=O)C(C)(C)C)c1. The fourth-order valence-electron chi connectivity index (χ4n) is 6.64. The Morgan fingerprint density at radius 3 is 1.83 bits per heavy atom. The third-order valence-electron chi connectivity index (χ3n) is 8.15. The second-order valence-electron chi connectivity index (χ2n) is 12.3. The highest BCUT2D eigenvalue weighted by molar-refractivity contribution is 7.84. The Morgan fingerprint density at radius 1 is 0.833 bits per heavy atom. The van der Waals surface area contributed by atoms with Crippen molar-refractivity contribution < 1.29 is 4.21 Å². The van der Waals surface area contributed by atoms with E-state index in [1.165, 1.54) is 86.5 Å². The first-order valence-corrected chi connectivity index (χ1v) is 16.9. The predicted octanol–water partition coefficient (Wildman–Crippen LogP) is 8.56. The van der Waals surface area contributed by atoms with Gasteiger partial charge >= 0.3 is 0 Å². The van der Waals surface area contributed by atoms with E-state index in [1.807, 2.05) is 0 Å². The van der Waals surface area contributed by atoms with E-state index in [4.69, 9.17) is 0 Å². The van der Waals surface area contributed by atoms with Gasteiger partial charge in [-0.25, -0.2) is 8.51 Å². The van der Waals surface area contributed by atoms with Crippen LogP contribution in [-0.2, 0) is 11.0 Å². The number of hydrogen-bond acceptors (Lipinski definition) is 1. The van der Waals surface area contributed by atoms with Crippen molar-refractivity contribution in [1.82, 2.24) is 4.31 Å². The van der Waals surface area contributed by atoms with Gasteiger partial charge in [0.15, 0.2) is 0 Å². The summed E-state index contributed by atoms with van der Waals surface area (Å²) in [6.07, 6.45) is 14.0. The second-order valence-corrected chi connectivity index (χ2v) is 17.3. The van der Waals surface area contributed by atoms with E-state index in [-0.39, 0.29) is 18.7 Å². The van der Waals surface area contributed by atoms with Gasteiger partial charge in [-0.1, -0.05) is 100 Å². The van der Waals surface area contributed by atoms with Crippen LogP contribution in [0.4, 0.5) is 0 Å². The van der Waals surface area contributed by atoms with Crippen LogP contribution in [0.3, 0.4) is 0 Å². The highest BCUT2D eigenvalue weighted by atomic mass is 32.2. The number of benzene rings is 2. The lowest BCUT2D eigenvalue weighted by molar-refractivity contribution is 0.440. The monoisotopic (exact) mass is 525 g/mol. The van der Waals surface area contributed by atoms with E-state index in [9.17, 15) is 4.21 Å². The molecule has 0 heterocycles. The van der Waals surface area contributed by atoms with Crippen molar-refractivity contribution >= 4 is 24.2 Å². The number of hydrogen-bond donors (Lipinski definition) is 0. The summed E-state index contributed by atoms with van der Waals surface area (Å²) < 4.78 is 15.7. The number of nitrogens with zero attached hydrogens (tertiary/aromatic N) is 1. The molecule has 0 saturated heterocycles. The third kappa shape index (κ3) is 6.51. The lowest BCUT2D eigenvalue weighted by atomic mass is 9.95. The Hall–Kier alpha value is -1.02. The molecule has 2 aliphatic carbocycles. The lowest BCUT2D eigenvalue weighted by Crippen LogP contribution is -2.39. The van der Waals surface area contributed by atoms with Gasteiger partial charge in [0.2, 0.25) is 0 Å². The summed E-state index contributed by atoms with van der Waals surface area (Å²) in [6, 6.07) is 16.2. The molecule has 0 amide bonds. The maximum Gasteiger partial charge on any atom is 0.100 e. The van der Waals surface area contributed by atoms with Gasteiger partial charge in [-0.15, -0.1) is 0 Å². The molecule has 2 fully saturated rings. The van der Waals surface area contributed by atoms with Crippen LogP contribution in [0.1, 0.15) is 113 Å². The Labute approximate surface area is 225 Å². The number of aryl methyl sites for hydroxylation is 2. The molecule has 0 bridgehead atoms. The van der Waals surface area contributed by atoms with Crippen molar-refractivity contribution in [2.24, 2.45) is 0 Å². The first kappa shape index (κ1) is 28.0. The molecule has 2 aromatic carbocycles. The van der Waals surface area contributed by atoms with Gasteiger partial charge in [-0.3, -0.25) is 0 Å². The maximum atomic E-state index is 13.8. The van der Waals surface area contributed by atoms with Crippen LogP contribution in [-0.4, -0.2) is 31.6 Å². The predicted molar refractivity (Wildman–Crippen MR) is 160 cm³/mol. The molecule has 1 unspecified atom stereocenters. The molecular formula is C32H48NOPS. The van der Waals surface area contributed by atoms with Crippen molar-refractivity contribution in [2.45, 2.75) is 121 Å². The van der Waals surface area contributed by atoms with Gasteiger partial charge in [-0.2, -0.15) is 0 Å². The van der Waals surface area contributed by atoms with Gasteiger partial charge < -0.3 is 0 Å². The van der Waals surface area contributed by atoms with Gasteiger partial charge in [0.25, 0.3) is 0 Å². The molecule has 2 saturated carbocycles. The molecule has 0 aromatic heterocycles. The van der Waals surface area contributed by atoms with Gasteiger partial charge in [0.05, 0.1) is 10.8 Å². The van der Waals surface area contributed by atoms with Crippen molar-refractivity contribution in [2.75, 3.05) is 7.05 Å². The quantitative estimate of drug-likeness (QED) is 0.332. The van der Waals surface area contributed by atoms with E-state index in [1.54, 1.807) is 5.30 Å². The zero-order valence-corrected chi connectivity index (χ0v) is 25.3. The molecule has 0 radical (unpaired) electrons. The summed E-state index contributed by atoms with van der Waals surface area (Å²) in [6.45, 7) is 10.7. The zero-order valence-electron chi connectivity index (χ0n) is 23.6. The molecule has 0 N–H and O–H groups in total. The van der Waals surface area contributed by atoms with Gasteiger partial charge in [-0.05, 0) is 88.1 Å². The molecule has 198 valence electrons. The minimum absolute atomic E-state index is 0.00274. The minimum Gasteiger partial charge on any atom is -0.242 e. The minimum atomic E-state index is -1.12. The first-order chi connectivity index (χ1) is 17.2. The lowest BCUT2D eigenvalue weighted by Gasteiger charge is -2.41. The Morgan fingerprint density at radius 2 is 1.33 bits per heavy atom. The summed E-state index contributed by atoms with van der Waals surface area (Å²) in [5.74, 6) is 0. The van der Waals surface area contributed by atoms with Crippen molar-refractivity contribution in [3.63, 3.8) is 0 Å². The Kier molecular flexibility index (Phi) is 9.51. The molecule has 2 nitrogen and oxygen atoms in total. The molecule has 0 spiro atoms.